The summed E-state index contributed by atoms with van der Waals surface area (Å²) in [6.07, 6.45) is 12.5. The van der Waals surface area contributed by atoms with Gasteiger partial charge in [-0.25, -0.2) is 8.42 Å². The summed E-state index contributed by atoms with van der Waals surface area (Å²) in [4.78, 5) is 11.4. The molecule has 0 saturated carbocycles. The molecule has 0 aromatic heterocycles. The van der Waals surface area contributed by atoms with E-state index in [2.05, 4.69) is 16.4 Å². The van der Waals surface area contributed by atoms with Crippen molar-refractivity contribution in [3.8, 4) is 0 Å². The van der Waals surface area contributed by atoms with Gasteiger partial charge in [0.15, 0.2) is 0 Å². The molecule has 0 heterocycles. The van der Waals surface area contributed by atoms with E-state index >= 15 is 0 Å². The summed E-state index contributed by atoms with van der Waals surface area (Å²) in [7, 11) is -4.66. The van der Waals surface area contributed by atoms with Gasteiger partial charge in [-0.2, -0.15) is 0 Å². The number of hydrogen-bond acceptors (Lipinski definition) is 5. The molecule has 1 N–H and O–H groups in total. The van der Waals surface area contributed by atoms with Gasteiger partial charge in [0.25, 0.3) is 0 Å². The monoisotopic (exact) mass is 359 g/mol. The van der Waals surface area contributed by atoms with E-state index < -0.39 is 10.4 Å². The maximum atomic E-state index is 11.4. The third-order valence-corrected chi connectivity index (χ3v) is 3.86. The maximum absolute atomic E-state index is 11.4. The van der Waals surface area contributed by atoms with Gasteiger partial charge >= 0.3 is 29.6 Å². The van der Waals surface area contributed by atoms with Gasteiger partial charge in [0.2, 0.25) is 16.3 Å². The first-order valence-corrected chi connectivity index (χ1v) is 9.66. The van der Waals surface area contributed by atoms with E-state index in [4.69, 9.17) is 0 Å². The van der Waals surface area contributed by atoms with Crippen LogP contribution < -0.4 is 34.9 Å². The van der Waals surface area contributed by atoms with Crippen LogP contribution in [0.4, 0.5) is 0 Å². The number of rotatable bonds is 15. The molecule has 0 aliphatic carbocycles. The molecule has 0 fully saturated rings. The molecule has 0 unspecified atom stereocenters. The predicted molar refractivity (Wildman–Crippen MR) is 85.1 cm³/mol. The zero-order chi connectivity index (χ0) is 16.7. The van der Waals surface area contributed by atoms with Crippen molar-refractivity contribution in [3.63, 3.8) is 0 Å². The summed E-state index contributed by atoms with van der Waals surface area (Å²) in [6, 6.07) is 0. The zero-order valence-corrected chi connectivity index (χ0v) is 17.5. The third-order valence-electron chi connectivity index (χ3n) is 3.41. The fraction of sp³-hybridized carbons (Fsp3) is 0.933. The standard InChI is InChI=1S/C15H31NO5S.Na/c1-2-3-4-5-6-7-8-9-10-11-12-15(17)16-13-14-21-22(18,19)20;/h2-14H2,1H3,(H,16,17)(H,18,19,20);/q;+1/p-1. The Balaban J connectivity index is 0. The van der Waals surface area contributed by atoms with Crippen molar-refractivity contribution in [2.24, 2.45) is 0 Å². The second kappa shape index (κ2) is 17.2. The Morgan fingerprint density at radius 3 is 1.91 bits per heavy atom. The summed E-state index contributed by atoms with van der Waals surface area (Å²) in [5, 5.41) is 2.52. The summed E-state index contributed by atoms with van der Waals surface area (Å²) in [6.45, 7) is 1.95. The molecular formula is C15H30NNaO5S. The fourth-order valence-electron chi connectivity index (χ4n) is 2.20. The minimum Gasteiger partial charge on any atom is -0.726 e. The molecule has 0 bridgehead atoms. The Labute approximate surface area is 163 Å². The molecule has 0 aliphatic rings. The quantitative estimate of drug-likeness (QED) is 0.191. The van der Waals surface area contributed by atoms with Gasteiger partial charge in [-0.15, -0.1) is 0 Å². The Kier molecular flexibility index (Phi) is 19.1. The van der Waals surface area contributed by atoms with Gasteiger partial charge in [-0.3, -0.25) is 8.98 Å². The van der Waals surface area contributed by atoms with Crippen molar-refractivity contribution >= 4 is 16.3 Å². The van der Waals surface area contributed by atoms with E-state index in [1.54, 1.807) is 0 Å². The van der Waals surface area contributed by atoms with Gasteiger partial charge < -0.3 is 9.87 Å². The van der Waals surface area contributed by atoms with Crippen LogP contribution in [-0.2, 0) is 19.4 Å². The van der Waals surface area contributed by atoms with Crippen LogP contribution in [0.1, 0.15) is 77.6 Å². The van der Waals surface area contributed by atoms with Crippen molar-refractivity contribution in [1.29, 1.82) is 0 Å². The smallest absolute Gasteiger partial charge is 0.726 e. The minimum absolute atomic E-state index is 0. The zero-order valence-electron chi connectivity index (χ0n) is 14.6. The number of nitrogens with one attached hydrogen (secondary N) is 1. The van der Waals surface area contributed by atoms with Crippen molar-refractivity contribution in [2.75, 3.05) is 13.2 Å². The van der Waals surface area contributed by atoms with Crippen LogP contribution in [-0.4, -0.2) is 32.0 Å². The van der Waals surface area contributed by atoms with Crippen LogP contribution in [0, 0.1) is 0 Å². The van der Waals surface area contributed by atoms with Crippen molar-refractivity contribution in [3.05, 3.63) is 0 Å². The van der Waals surface area contributed by atoms with Crippen LogP contribution >= 0.6 is 0 Å². The molecule has 132 valence electrons. The van der Waals surface area contributed by atoms with Crippen LogP contribution in [0.25, 0.3) is 0 Å². The summed E-state index contributed by atoms with van der Waals surface area (Å²) in [5.41, 5.74) is 0. The van der Waals surface area contributed by atoms with E-state index in [0.29, 0.717) is 6.42 Å². The molecule has 8 heteroatoms. The van der Waals surface area contributed by atoms with Gasteiger partial charge in [0, 0.05) is 13.0 Å². The largest absolute Gasteiger partial charge is 1.00 e. The molecule has 0 aliphatic heterocycles. The van der Waals surface area contributed by atoms with E-state index in [1.807, 2.05) is 0 Å². The first kappa shape index (κ1) is 25.6. The van der Waals surface area contributed by atoms with Crippen molar-refractivity contribution in [1.82, 2.24) is 5.32 Å². The second-order valence-corrected chi connectivity index (χ2v) is 6.56. The van der Waals surface area contributed by atoms with Gasteiger partial charge in [0.05, 0.1) is 6.61 Å². The fourth-order valence-corrected chi connectivity index (χ4v) is 2.48. The number of carbonyl (C=O) groups excluding carboxylic acids is 1. The Hall–Kier alpha value is 0.340. The molecule has 0 rings (SSSR count). The van der Waals surface area contributed by atoms with E-state index in [1.165, 1.54) is 44.9 Å². The summed E-state index contributed by atoms with van der Waals surface area (Å²) < 4.78 is 34.5. The molecule has 6 nitrogen and oxygen atoms in total. The predicted octanol–water partition coefficient (Wildman–Crippen LogP) is -0.106. The molecule has 0 saturated heterocycles. The van der Waals surface area contributed by atoms with Crippen LogP contribution in [0.2, 0.25) is 0 Å². The van der Waals surface area contributed by atoms with Crippen LogP contribution in [0.3, 0.4) is 0 Å². The number of hydrogen-bond donors (Lipinski definition) is 1. The first-order valence-electron chi connectivity index (χ1n) is 8.32. The Morgan fingerprint density at radius 2 is 1.43 bits per heavy atom. The number of unbranched alkanes of at least 4 members (excludes halogenated alkanes) is 9. The minimum atomic E-state index is -4.66. The Morgan fingerprint density at radius 1 is 0.957 bits per heavy atom. The Bertz CT molecular complexity index is 376. The van der Waals surface area contributed by atoms with E-state index in [0.717, 1.165) is 19.3 Å². The molecule has 1 amide bonds. The van der Waals surface area contributed by atoms with E-state index in [9.17, 15) is 17.8 Å². The normalized spacial score (nSPS) is 11.0. The van der Waals surface area contributed by atoms with Crippen LogP contribution in [0.15, 0.2) is 0 Å². The third kappa shape index (κ3) is 22.3. The molecular weight excluding hydrogens is 329 g/mol. The molecule has 23 heavy (non-hydrogen) atoms. The van der Waals surface area contributed by atoms with Gasteiger partial charge in [-0.05, 0) is 6.42 Å². The molecule has 0 aromatic carbocycles. The summed E-state index contributed by atoms with van der Waals surface area (Å²) in [5.74, 6) is -0.133. The van der Waals surface area contributed by atoms with Crippen molar-refractivity contribution in [2.45, 2.75) is 77.6 Å². The average Bonchev–Trinajstić information content (AvgIpc) is 2.44. The number of amides is 1. The molecule has 0 aromatic rings. The molecule has 0 radical (unpaired) electrons. The van der Waals surface area contributed by atoms with Gasteiger partial charge in [-0.1, -0.05) is 64.7 Å². The average molecular weight is 359 g/mol. The number of carbonyl (C=O) groups is 1. The van der Waals surface area contributed by atoms with Crippen LogP contribution in [0.5, 0.6) is 0 Å². The molecule has 0 spiro atoms. The first-order chi connectivity index (χ1) is 10.5. The van der Waals surface area contributed by atoms with Crippen molar-refractivity contribution < 1.29 is 51.5 Å². The molecule has 0 atom stereocenters. The summed E-state index contributed by atoms with van der Waals surface area (Å²) >= 11 is 0. The second-order valence-electron chi connectivity index (χ2n) is 5.51. The topological polar surface area (TPSA) is 95.5 Å². The van der Waals surface area contributed by atoms with Gasteiger partial charge in [0.1, 0.15) is 0 Å². The maximum Gasteiger partial charge on any atom is 1.00 e. The van der Waals surface area contributed by atoms with E-state index in [-0.39, 0.29) is 48.6 Å². The SMILES string of the molecule is CCCCCCCCCCCCC(=O)NCCOS(=O)(=O)[O-].[Na+].